The molecule has 0 rings (SSSR count). The van der Waals surface area contributed by atoms with Gasteiger partial charge in [-0.3, -0.25) is 0 Å². The van der Waals surface area contributed by atoms with E-state index in [2.05, 4.69) is 0 Å². The van der Waals surface area contributed by atoms with E-state index < -0.39 is 0 Å². The summed E-state index contributed by atoms with van der Waals surface area (Å²) in [5.41, 5.74) is 0. The monoisotopic (exact) mass is 276 g/mol. The molecule has 0 fully saturated rings. The van der Waals surface area contributed by atoms with E-state index in [0.29, 0.717) is 0 Å². The van der Waals surface area contributed by atoms with Crippen LogP contribution in [-0.4, -0.2) is 240 Å². The van der Waals surface area contributed by atoms with Gasteiger partial charge in [-0.2, -0.15) is 0 Å². The third-order valence-corrected chi connectivity index (χ3v) is 0. The van der Waals surface area contributed by atoms with Gasteiger partial charge in [0.05, 0.1) is 0 Å². The van der Waals surface area contributed by atoms with Crippen molar-refractivity contribution in [2.24, 2.45) is 0 Å². The fraction of sp³-hybridized carbons (Fsp3) is 0. The van der Waals surface area contributed by atoms with E-state index in [4.69, 9.17) is 0 Å². The van der Waals surface area contributed by atoms with Gasteiger partial charge in [0.2, 0.25) is 0 Å². The van der Waals surface area contributed by atoms with Gasteiger partial charge >= 0.3 is 207 Å². The summed E-state index contributed by atoms with van der Waals surface area (Å²) in [5, 5.41) is 0. The topological polar surface area (TPSA) is 189 Å². The van der Waals surface area contributed by atoms with Crippen LogP contribution in [0, 0.1) is 0 Å². The zero-order valence-corrected chi connectivity index (χ0v) is 3.00. The maximum atomic E-state index is 0. The Balaban J connectivity index is 0. The average molecular weight is 276 g/mol. The molecule has 0 radical (unpaired) electrons. The zero-order chi connectivity index (χ0) is 0. The predicted octanol–water partition coefficient (Wildman–Crippen LogP) is -9.49. The maximum absolute atomic E-state index is 0. The van der Waals surface area contributed by atoms with E-state index >= 15 is 0 Å². The average Bonchev–Trinajstić information content (AvgIpc) is 0. The molecule has 0 spiro atoms. The Bertz CT molecular complexity index is 12.9. The van der Waals surface area contributed by atoms with E-state index in [0.717, 1.165) is 0 Å². The third-order valence-electron chi connectivity index (χ3n) is 0. The first-order valence-electron chi connectivity index (χ1n) is 0. The quantitative estimate of drug-likeness (QED) is 0.380. The Kier molecular flexibility index (Phi) is 1520. The van der Waals surface area contributed by atoms with Crippen LogP contribution in [0.15, 0.2) is 0 Å². The molecule has 0 aliphatic carbocycles. The molecule has 62 valence electrons. The molecule has 0 saturated heterocycles. The molecule has 0 atom stereocenters. The molecular formula is H19Na7O6. The predicted molar refractivity (Wildman–Crippen MR) is 71.7 cm³/mol. The van der Waals surface area contributed by atoms with Crippen molar-refractivity contribution in [3.63, 3.8) is 0 Å². The molecule has 0 heterocycles. The number of rotatable bonds is 0. The molecule has 13 heavy (non-hydrogen) atoms. The van der Waals surface area contributed by atoms with Crippen LogP contribution in [-0.2, 0) is 0 Å². The molecule has 0 aromatic carbocycles. The second-order valence-electron chi connectivity index (χ2n) is 0. The van der Waals surface area contributed by atoms with Crippen molar-refractivity contribution in [2.75, 3.05) is 0 Å². The molecule has 0 aromatic heterocycles. The third kappa shape index (κ3) is 115. The minimum absolute atomic E-state index is 0. The molecular weight excluding hydrogens is 257 g/mol. The van der Waals surface area contributed by atoms with Crippen LogP contribution < -0.4 is 0 Å². The molecule has 0 bridgehead atoms. The Morgan fingerprint density at radius 2 is 0.154 bits per heavy atom. The van der Waals surface area contributed by atoms with Crippen LogP contribution in [0.4, 0.5) is 0 Å². The molecule has 0 amide bonds. The number of hydrogen-bond acceptors (Lipinski definition) is 0. The van der Waals surface area contributed by atoms with Gasteiger partial charge in [-0.15, -0.1) is 0 Å². The van der Waals surface area contributed by atoms with E-state index in [1.165, 1.54) is 0 Å². The van der Waals surface area contributed by atoms with Crippen LogP contribution in [0.2, 0.25) is 0 Å². The summed E-state index contributed by atoms with van der Waals surface area (Å²) in [7, 11) is 0. The normalized spacial score (nSPS) is 0. The van der Waals surface area contributed by atoms with Crippen molar-refractivity contribution >= 4 is 207 Å². The summed E-state index contributed by atoms with van der Waals surface area (Å²) >= 11 is 0. The number of hydrogen-bond donors (Lipinski definition) is 0. The van der Waals surface area contributed by atoms with Crippen molar-refractivity contribution in [1.82, 2.24) is 0 Å². The Morgan fingerprint density at radius 1 is 0.154 bits per heavy atom. The van der Waals surface area contributed by atoms with Gasteiger partial charge in [0.15, 0.2) is 0 Å². The van der Waals surface area contributed by atoms with Crippen molar-refractivity contribution in [3.05, 3.63) is 0 Å². The molecule has 0 saturated carbocycles. The van der Waals surface area contributed by atoms with E-state index in [-0.39, 0.29) is 240 Å². The van der Waals surface area contributed by atoms with E-state index in [1.807, 2.05) is 0 Å². The molecule has 0 aromatic rings. The molecule has 12 N–H and O–H groups in total. The molecule has 13 heteroatoms. The Morgan fingerprint density at radius 3 is 0.154 bits per heavy atom. The fourth-order valence-electron chi connectivity index (χ4n) is 0. The van der Waals surface area contributed by atoms with Gasteiger partial charge in [-0.1, -0.05) is 0 Å². The van der Waals surface area contributed by atoms with Crippen LogP contribution in [0.5, 0.6) is 0 Å². The summed E-state index contributed by atoms with van der Waals surface area (Å²) in [6, 6.07) is 0. The van der Waals surface area contributed by atoms with Crippen LogP contribution in [0.1, 0.15) is 0 Å². The van der Waals surface area contributed by atoms with Gasteiger partial charge < -0.3 is 32.9 Å². The fourth-order valence-corrected chi connectivity index (χ4v) is 0. The van der Waals surface area contributed by atoms with Crippen molar-refractivity contribution in [3.8, 4) is 0 Å². The zero-order valence-electron chi connectivity index (χ0n) is 3.00. The van der Waals surface area contributed by atoms with Crippen LogP contribution >= 0.6 is 0 Å². The Hall–Kier alpha value is 6.76. The van der Waals surface area contributed by atoms with Gasteiger partial charge in [0.25, 0.3) is 0 Å². The van der Waals surface area contributed by atoms with E-state index in [9.17, 15) is 0 Å². The molecule has 0 aliphatic rings. The summed E-state index contributed by atoms with van der Waals surface area (Å²) in [6.45, 7) is 0. The van der Waals surface area contributed by atoms with Crippen molar-refractivity contribution < 1.29 is 32.9 Å². The summed E-state index contributed by atoms with van der Waals surface area (Å²) in [5.74, 6) is 0. The van der Waals surface area contributed by atoms with Gasteiger partial charge in [-0.25, -0.2) is 0 Å². The standard InChI is InChI=1S/7Na.6H2O.7H/h;;;;;;;6*1H2;;;;;;;. The first kappa shape index (κ1) is 152. The SMILES string of the molecule is O.O.O.O.O.O.[NaH].[NaH].[NaH].[NaH].[NaH].[NaH].[NaH]. The van der Waals surface area contributed by atoms with Crippen LogP contribution in [0.3, 0.4) is 0 Å². The second-order valence-corrected chi connectivity index (χ2v) is 0. The second kappa shape index (κ2) is 129. The van der Waals surface area contributed by atoms with Crippen molar-refractivity contribution in [1.29, 1.82) is 0 Å². The van der Waals surface area contributed by atoms with Gasteiger partial charge in [-0.05, 0) is 0 Å². The van der Waals surface area contributed by atoms with E-state index in [1.54, 1.807) is 0 Å². The molecule has 0 unspecified atom stereocenters. The van der Waals surface area contributed by atoms with Crippen LogP contribution in [0.25, 0.3) is 0 Å². The first-order chi connectivity index (χ1) is 0. The minimum atomic E-state index is 0. The molecule has 6 nitrogen and oxygen atoms in total. The summed E-state index contributed by atoms with van der Waals surface area (Å²) < 4.78 is 0. The summed E-state index contributed by atoms with van der Waals surface area (Å²) in [4.78, 5) is 0. The Labute approximate surface area is 233 Å². The van der Waals surface area contributed by atoms with Gasteiger partial charge in [0.1, 0.15) is 0 Å². The molecule has 0 aliphatic heterocycles. The summed E-state index contributed by atoms with van der Waals surface area (Å²) in [6.07, 6.45) is 0. The van der Waals surface area contributed by atoms with Crippen molar-refractivity contribution in [2.45, 2.75) is 0 Å². The van der Waals surface area contributed by atoms with Gasteiger partial charge in [0, 0.05) is 0 Å². The first-order valence-corrected chi connectivity index (χ1v) is 0.